The van der Waals surface area contributed by atoms with Gasteiger partial charge >= 0.3 is 0 Å². The lowest BCUT2D eigenvalue weighted by Crippen LogP contribution is -2.24. The SMILES string of the molecule is COc1cc(C)c(C(=O)CC2CCCN2)cc1Cl. The molecule has 0 bridgehead atoms. The van der Waals surface area contributed by atoms with Gasteiger partial charge in [0.2, 0.25) is 0 Å². The van der Waals surface area contributed by atoms with E-state index in [1.165, 1.54) is 0 Å². The number of hydrogen-bond acceptors (Lipinski definition) is 3. The van der Waals surface area contributed by atoms with Crippen LogP contribution in [0, 0.1) is 6.92 Å². The quantitative estimate of drug-likeness (QED) is 0.853. The average molecular weight is 268 g/mol. The average Bonchev–Trinajstić information content (AvgIpc) is 2.84. The number of Topliss-reactive ketones (excluding diaryl/α,β-unsaturated/α-hetero) is 1. The van der Waals surface area contributed by atoms with Gasteiger partial charge in [0.25, 0.3) is 0 Å². The van der Waals surface area contributed by atoms with Gasteiger partial charge < -0.3 is 10.1 Å². The number of rotatable bonds is 4. The highest BCUT2D eigenvalue weighted by atomic mass is 35.5. The second-order valence-electron chi connectivity index (χ2n) is 4.72. The predicted octanol–water partition coefficient (Wildman–Crippen LogP) is 2.98. The fourth-order valence-corrected chi connectivity index (χ4v) is 2.62. The molecule has 4 heteroatoms. The van der Waals surface area contributed by atoms with Crippen LogP contribution in [0.3, 0.4) is 0 Å². The molecule has 0 aliphatic carbocycles. The van der Waals surface area contributed by atoms with Crippen LogP contribution in [0.2, 0.25) is 5.02 Å². The Balaban J connectivity index is 2.16. The number of ether oxygens (including phenoxy) is 1. The maximum Gasteiger partial charge on any atom is 0.164 e. The van der Waals surface area contributed by atoms with E-state index < -0.39 is 0 Å². The van der Waals surface area contributed by atoms with Crippen LogP contribution in [0.4, 0.5) is 0 Å². The molecule has 1 unspecified atom stereocenters. The first-order valence-corrected chi connectivity index (χ1v) is 6.60. The summed E-state index contributed by atoms with van der Waals surface area (Å²) in [6, 6.07) is 3.85. The molecule has 0 saturated carbocycles. The van der Waals surface area contributed by atoms with Gasteiger partial charge in [0.05, 0.1) is 12.1 Å². The predicted molar refractivity (Wildman–Crippen MR) is 72.7 cm³/mol. The van der Waals surface area contributed by atoms with Gasteiger partial charge in [-0.15, -0.1) is 0 Å². The fraction of sp³-hybridized carbons (Fsp3) is 0.500. The number of ketones is 1. The number of carbonyl (C=O) groups is 1. The Kier molecular flexibility index (Phi) is 4.25. The molecule has 1 aliphatic heterocycles. The third-order valence-electron chi connectivity index (χ3n) is 3.39. The minimum atomic E-state index is 0.149. The molecule has 2 rings (SSSR count). The molecule has 0 spiro atoms. The molecule has 1 heterocycles. The zero-order valence-electron chi connectivity index (χ0n) is 10.8. The Labute approximate surface area is 112 Å². The molecule has 1 atom stereocenters. The molecule has 3 nitrogen and oxygen atoms in total. The largest absolute Gasteiger partial charge is 0.495 e. The molecule has 0 radical (unpaired) electrons. The molecular formula is C14H18ClNO2. The van der Waals surface area contributed by atoms with E-state index in [4.69, 9.17) is 16.3 Å². The lowest BCUT2D eigenvalue weighted by Gasteiger charge is -2.12. The van der Waals surface area contributed by atoms with Crippen LogP contribution < -0.4 is 10.1 Å². The van der Waals surface area contributed by atoms with E-state index in [1.54, 1.807) is 13.2 Å². The molecule has 98 valence electrons. The number of aryl methyl sites for hydroxylation is 1. The molecule has 1 aliphatic rings. The van der Waals surface area contributed by atoms with Gasteiger partial charge in [-0.2, -0.15) is 0 Å². The van der Waals surface area contributed by atoms with Crippen LogP contribution in [0.25, 0.3) is 0 Å². The molecule has 18 heavy (non-hydrogen) atoms. The van der Waals surface area contributed by atoms with Crippen LogP contribution in [-0.2, 0) is 0 Å². The summed E-state index contributed by atoms with van der Waals surface area (Å²) >= 11 is 6.07. The van der Waals surface area contributed by atoms with E-state index in [0.717, 1.165) is 24.9 Å². The van der Waals surface area contributed by atoms with Crippen LogP contribution in [0.5, 0.6) is 5.75 Å². The first-order chi connectivity index (χ1) is 8.61. The van der Waals surface area contributed by atoms with Crippen molar-refractivity contribution in [2.45, 2.75) is 32.2 Å². The van der Waals surface area contributed by atoms with Crippen molar-refractivity contribution in [1.82, 2.24) is 5.32 Å². The van der Waals surface area contributed by atoms with Crippen molar-refractivity contribution in [3.8, 4) is 5.75 Å². The van der Waals surface area contributed by atoms with E-state index in [2.05, 4.69) is 5.32 Å². The summed E-state index contributed by atoms with van der Waals surface area (Å²) in [7, 11) is 1.57. The van der Waals surface area contributed by atoms with Gasteiger partial charge in [0.1, 0.15) is 5.75 Å². The van der Waals surface area contributed by atoms with Crippen molar-refractivity contribution in [1.29, 1.82) is 0 Å². The van der Waals surface area contributed by atoms with Gasteiger partial charge in [-0.3, -0.25) is 4.79 Å². The highest BCUT2D eigenvalue weighted by Crippen LogP contribution is 2.28. The monoisotopic (exact) mass is 267 g/mol. The lowest BCUT2D eigenvalue weighted by atomic mass is 9.98. The van der Waals surface area contributed by atoms with Crippen LogP contribution >= 0.6 is 11.6 Å². The molecule has 1 aromatic rings. The summed E-state index contributed by atoms with van der Waals surface area (Å²) in [5.41, 5.74) is 1.62. The van der Waals surface area contributed by atoms with Crippen molar-refractivity contribution in [3.63, 3.8) is 0 Å². The number of hydrogen-bond donors (Lipinski definition) is 1. The summed E-state index contributed by atoms with van der Waals surface area (Å²) in [4.78, 5) is 12.2. The van der Waals surface area contributed by atoms with Crippen LogP contribution in [0.15, 0.2) is 12.1 Å². The Morgan fingerprint density at radius 1 is 1.56 bits per heavy atom. The summed E-state index contributed by atoms with van der Waals surface area (Å²) in [6.45, 7) is 2.93. The Hall–Kier alpha value is -1.06. The number of carbonyl (C=O) groups excluding carboxylic acids is 1. The molecule has 0 aromatic heterocycles. The highest BCUT2D eigenvalue weighted by Gasteiger charge is 2.20. The van der Waals surface area contributed by atoms with E-state index in [0.29, 0.717) is 28.8 Å². The summed E-state index contributed by atoms with van der Waals surface area (Å²) in [5, 5.41) is 3.83. The topological polar surface area (TPSA) is 38.3 Å². The standard InChI is InChI=1S/C14H18ClNO2/c1-9-6-14(18-2)12(15)8-11(9)13(17)7-10-4-3-5-16-10/h6,8,10,16H,3-5,7H2,1-2H3. The second-order valence-corrected chi connectivity index (χ2v) is 5.13. The summed E-state index contributed by atoms with van der Waals surface area (Å²) < 4.78 is 5.14. The lowest BCUT2D eigenvalue weighted by molar-refractivity contribution is 0.0971. The zero-order chi connectivity index (χ0) is 13.1. The molecule has 1 aromatic carbocycles. The number of methoxy groups -OCH3 is 1. The first-order valence-electron chi connectivity index (χ1n) is 6.22. The second kappa shape index (κ2) is 5.72. The van der Waals surface area contributed by atoms with Gasteiger partial charge in [0.15, 0.2) is 5.78 Å². The Morgan fingerprint density at radius 3 is 2.94 bits per heavy atom. The molecule has 1 N–H and O–H groups in total. The smallest absolute Gasteiger partial charge is 0.164 e. The zero-order valence-corrected chi connectivity index (χ0v) is 11.5. The van der Waals surface area contributed by atoms with Crippen molar-refractivity contribution in [2.24, 2.45) is 0 Å². The molecule has 1 saturated heterocycles. The van der Waals surface area contributed by atoms with E-state index in [-0.39, 0.29) is 5.78 Å². The summed E-state index contributed by atoms with van der Waals surface area (Å²) in [6.07, 6.45) is 2.78. The van der Waals surface area contributed by atoms with Crippen LogP contribution in [-0.4, -0.2) is 25.5 Å². The number of nitrogens with one attached hydrogen (secondary N) is 1. The third kappa shape index (κ3) is 2.85. The van der Waals surface area contributed by atoms with Gasteiger partial charge in [0, 0.05) is 18.0 Å². The van der Waals surface area contributed by atoms with Crippen LogP contribution in [0.1, 0.15) is 35.2 Å². The van der Waals surface area contributed by atoms with Gasteiger partial charge in [-0.25, -0.2) is 0 Å². The normalized spacial score (nSPS) is 18.9. The molecule has 0 amide bonds. The number of halogens is 1. The first kappa shape index (κ1) is 13.4. The third-order valence-corrected chi connectivity index (χ3v) is 3.69. The van der Waals surface area contributed by atoms with E-state index in [1.807, 2.05) is 13.0 Å². The Bertz CT molecular complexity index is 453. The van der Waals surface area contributed by atoms with E-state index in [9.17, 15) is 4.79 Å². The highest BCUT2D eigenvalue weighted by molar-refractivity contribution is 6.32. The Morgan fingerprint density at radius 2 is 2.33 bits per heavy atom. The molecular weight excluding hydrogens is 250 g/mol. The van der Waals surface area contributed by atoms with E-state index >= 15 is 0 Å². The minimum Gasteiger partial charge on any atom is -0.495 e. The fourth-order valence-electron chi connectivity index (χ4n) is 2.38. The van der Waals surface area contributed by atoms with Crippen molar-refractivity contribution in [2.75, 3.05) is 13.7 Å². The minimum absolute atomic E-state index is 0.149. The van der Waals surface area contributed by atoms with Gasteiger partial charge in [-0.05, 0) is 44.0 Å². The molecule has 1 fully saturated rings. The summed E-state index contributed by atoms with van der Waals surface area (Å²) in [5.74, 6) is 0.765. The maximum absolute atomic E-state index is 12.2. The van der Waals surface area contributed by atoms with Gasteiger partial charge in [-0.1, -0.05) is 11.6 Å². The number of benzene rings is 1. The maximum atomic E-state index is 12.2. The van der Waals surface area contributed by atoms with Crippen molar-refractivity contribution in [3.05, 3.63) is 28.3 Å². The van der Waals surface area contributed by atoms with Crippen molar-refractivity contribution >= 4 is 17.4 Å². The van der Waals surface area contributed by atoms with Crippen molar-refractivity contribution < 1.29 is 9.53 Å².